The van der Waals surface area contributed by atoms with Gasteiger partial charge in [0.25, 0.3) is 0 Å². The molecule has 0 fully saturated rings. The lowest BCUT2D eigenvalue weighted by Crippen LogP contribution is -2.41. The minimum atomic E-state index is -0.122. The molecule has 17 heavy (non-hydrogen) atoms. The first-order chi connectivity index (χ1) is 8.03. The van der Waals surface area contributed by atoms with Crippen molar-refractivity contribution in [1.82, 2.24) is 5.32 Å². The molecule has 0 aliphatic rings. The summed E-state index contributed by atoms with van der Waals surface area (Å²) in [7, 11) is 0. The lowest BCUT2D eigenvalue weighted by Gasteiger charge is -2.32. The van der Waals surface area contributed by atoms with E-state index in [9.17, 15) is 5.11 Å². The average molecular weight is 235 g/mol. The number of nitrogens with one attached hydrogen (secondary N) is 1. The van der Waals surface area contributed by atoms with Crippen molar-refractivity contribution in [3.8, 4) is 0 Å². The number of aliphatic hydroxyl groups is 1. The summed E-state index contributed by atoms with van der Waals surface area (Å²) in [4.78, 5) is 0. The Balaban J connectivity index is 3.03. The van der Waals surface area contributed by atoms with Crippen LogP contribution in [0.25, 0.3) is 0 Å². The summed E-state index contributed by atoms with van der Waals surface area (Å²) in [6.45, 7) is 9.78. The normalized spacial score (nSPS) is 14.6. The van der Waals surface area contributed by atoms with Gasteiger partial charge in [-0.1, -0.05) is 30.7 Å². The maximum absolute atomic E-state index is 9.27. The number of benzene rings is 1. The molecule has 0 amide bonds. The Morgan fingerprint density at radius 1 is 1.29 bits per heavy atom. The van der Waals surface area contributed by atoms with Crippen LogP contribution in [-0.2, 0) is 5.54 Å². The van der Waals surface area contributed by atoms with Crippen molar-refractivity contribution in [2.24, 2.45) is 0 Å². The van der Waals surface area contributed by atoms with Crippen LogP contribution in [0.2, 0.25) is 0 Å². The molecular weight excluding hydrogens is 210 g/mol. The molecular formula is C15H25NO. The molecule has 1 atom stereocenters. The van der Waals surface area contributed by atoms with Crippen molar-refractivity contribution in [3.05, 3.63) is 34.9 Å². The third kappa shape index (κ3) is 3.55. The maximum Gasteiger partial charge on any atom is 0.0451 e. The van der Waals surface area contributed by atoms with Crippen molar-refractivity contribution < 1.29 is 5.11 Å². The van der Waals surface area contributed by atoms with Gasteiger partial charge in [0.05, 0.1) is 0 Å². The van der Waals surface area contributed by atoms with Gasteiger partial charge >= 0.3 is 0 Å². The molecule has 0 aromatic heterocycles. The van der Waals surface area contributed by atoms with Gasteiger partial charge in [-0.3, -0.25) is 0 Å². The Kier molecular flexibility index (Phi) is 5.16. The topological polar surface area (TPSA) is 32.3 Å². The highest BCUT2D eigenvalue weighted by molar-refractivity contribution is 5.35. The summed E-state index contributed by atoms with van der Waals surface area (Å²) >= 11 is 0. The third-order valence-electron chi connectivity index (χ3n) is 3.35. The molecule has 2 N–H and O–H groups in total. The van der Waals surface area contributed by atoms with Crippen molar-refractivity contribution in [3.63, 3.8) is 0 Å². The Labute approximate surface area is 105 Å². The maximum atomic E-state index is 9.27. The lowest BCUT2D eigenvalue weighted by atomic mass is 9.85. The fourth-order valence-corrected chi connectivity index (χ4v) is 2.38. The minimum absolute atomic E-state index is 0.122. The highest BCUT2D eigenvalue weighted by Gasteiger charge is 2.26. The second-order valence-electron chi connectivity index (χ2n) is 5.05. The highest BCUT2D eigenvalue weighted by atomic mass is 16.3. The predicted octanol–water partition coefficient (Wildman–Crippen LogP) is 2.90. The number of aryl methyl sites for hydroxylation is 2. The first-order valence-corrected chi connectivity index (χ1v) is 6.47. The smallest absolute Gasteiger partial charge is 0.0451 e. The first-order valence-electron chi connectivity index (χ1n) is 6.47. The van der Waals surface area contributed by atoms with E-state index in [4.69, 9.17) is 0 Å². The van der Waals surface area contributed by atoms with Gasteiger partial charge in [0.15, 0.2) is 0 Å². The highest BCUT2D eigenvalue weighted by Crippen LogP contribution is 2.28. The molecule has 1 rings (SSSR count). The van der Waals surface area contributed by atoms with Gasteiger partial charge in [-0.05, 0) is 51.3 Å². The lowest BCUT2D eigenvalue weighted by molar-refractivity contribution is 0.220. The molecule has 0 spiro atoms. The zero-order valence-electron chi connectivity index (χ0n) is 11.5. The Morgan fingerprint density at radius 2 is 2.00 bits per heavy atom. The summed E-state index contributed by atoms with van der Waals surface area (Å²) in [5, 5.41) is 12.8. The summed E-state index contributed by atoms with van der Waals surface area (Å²) < 4.78 is 0. The Bertz CT molecular complexity index is 362. The summed E-state index contributed by atoms with van der Waals surface area (Å²) in [5.74, 6) is 0. The Morgan fingerprint density at radius 3 is 2.53 bits per heavy atom. The second kappa shape index (κ2) is 6.18. The quantitative estimate of drug-likeness (QED) is 0.794. The number of hydrogen-bond donors (Lipinski definition) is 2. The van der Waals surface area contributed by atoms with E-state index in [-0.39, 0.29) is 12.1 Å². The molecule has 0 radical (unpaired) electrons. The van der Waals surface area contributed by atoms with Crippen LogP contribution in [0.3, 0.4) is 0 Å². The third-order valence-corrected chi connectivity index (χ3v) is 3.35. The average Bonchev–Trinajstić information content (AvgIpc) is 2.26. The van der Waals surface area contributed by atoms with Crippen LogP contribution >= 0.6 is 0 Å². The Hall–Kier alpha value is -0.860. The second-order valence-corrected chi connectivity index (χ2v) is 5.05. The van der Waals surface area contributed by atoms with Crippen LogP contribution in [0.15, 0.2) is 18.2 Å². The van der Waals surface area contributed by atoms with Gasteiger partial charge in [0.1, 0.15) is 0 Å². The van der Waals surface area contributed by atoms with E-state index >= 15 is 0 Å². The van der Waals surface area contributed by atoms with Gasteiger partial charge in [-0.25, -0.2) is 0 Å². The van der Waals surface area contributed by atoms with E-state index < -0.39 is 0 Å². The zero-order chi connectivity index (χ0) is 12.9. The molecule has 1 aromatic rings. The van der Waals surface area contributed by atoms with Gasteiger partial charge in [-0.2, -0.15) is 0 Å². The van der Waals surface area contributed by atoms with E-state index in [1.807, 2.05) is 0 Å². The van der Waals surface area contributed by atoms with Crippen molar-refractivity contribution >= 4 is 0 Å². The van der Waals surface area contributed by atoms with E-state index in [0.717, 1.165) is 19.4 Å². The van der Waals surface area contributed by atoms with Gasteiger partial charge in [-0.15, -0.1) is 0 Å². The van der Waals surface area contributed by atoms with Gasteiger partial charge in [0.2, 0.25) is 0 Å². The van der Waals surface area contributed by atoms with Crippen LogP contribution in [0.4, 0.5) is 0 Å². The molecule has 0 aliphatic carbocycles. The fraction of sp³-hybridized carbons (Fsp3) is 0.600. The molecule has 2 nitrogen and oxygen atoms in total. The molecule has 0 heterocycles. The van der Waals surface area contributed by atoms with Gasteiger partial charge in [0, 0.05) is 12.1 Å². The molecule has 0 bridgehead atoms. The van der Waals surface area contributed by atoms with Gasteiger partial charge < -0.3 is 10.4 Å². The number of rotatable bonds is 6. The van der Waals surface area contributed by atoms with Crippen molar-refractivity contribution in [1.29, 1.82) is 0 Å². The van der Waals surface area contributed by atoms with E-state index in [0.29, 0.717) is 0 Å². The monoisotopic (exact) mass is 235 g/mol. The zero-order valence-corrected chi connectivity index (χ0v) is 11.5. The van der Waals surface area contributed by atoms with Crippen LogP contribution < -0.4 is 5.32 Å². The molecule has 0 saturated carbocycles. The molecule has 96 valence electrons. The first kappa shape index (κ1) is 14.2. The molecule has 0 saturated heterocycles. The summed E-state index contributed by atoms with van der Waals surface area (Å²) in [5.41, 5.74) is 3.76. The predicted molar refractivity (Wildman–Crippen MR) is 73.3 cm³/mol. The van der Waals surface area contributed by atoms with Crippen molar-refractivity contribution in [2.45, 2.75) is 46.1 Å². The number of hydrogen-bond acceptors (Lipinski definition) is 2. The van der Waals surface area contributed by atoms with E-state index in [1.165, 1.54) is 16.7 Å². The summed E-state index contributed by atoms with van der Waals surface area (Å²) in [6, 6.07) is 6.53. The van der Waals surface area contributed by atoms with Crippen LogP contribution in [-0.4, -0.2) is 18.3 Å². The van der Waals surface area contributed by atoms with Crippen LogP contribution in [0.5, 0.6) is 0 Å². The van der Waals surface area contributed by atoms with E-state index in [1.54, 1.807) is 0 Å². The standard InChI is InChI=1S/C15H25NO/c1-5-9-16-15(4,8-10-17)14-7-6-12(2)11-13(14)3/h6-7,11,16-17H,5,8-10H2,1-4H3. The molecule has 1 aromatic carbocycles. The fourth-order valence-electron chi connectivity index (χ4n) is 2.38. The SMILES string of the molecule is CCCNC(C)(CCO)c1ccc(C)cc1C. The van der Waals surface area contributed by atoms with Crippen molar-refractivity contribution in [2.75, 3.05) is 13.2 Å². The largest absolute Gasteiger partial charge is 0.396 e. The van der Waals surface area contributed by atoms with Crippen LogP contribution in [0, 0.1) is 13.8 Å². The molecule has 0 aliphatic heterocycles. The minimum Gasteiger partial charge on any atom is -0.396 e. The molecule has 1 unspecified atom stereocenters. The van der Waals surface area contributed by atoms with Crippen LogP contribution in [0.1, 0.15) is 43.4 Å². The van der Waals surface area contributed by atoms with E-state index in [2.05, 4.69) is 51.2 Å². The number of aliphatic hydroxyl groups excluding tert-OH is 1. The summed E-state index contributed by atoms with van der Waals surface area (Å²) in [6.07, 6.45) is 1.85. The molecule has 2 heteroatoms.